The Morgan fingerprint density at radius 3 is 2.50 bits per heavy atom. The van der Waals surface area contributed by atoms with Crippen LogP contribution in [-0.2, 0) is 4.79 Å². The third-order valence-electron chi connectivity index (χ3n) is 3.65. The van der Waals surface area contributed by atoms with Gasteiger partial charge in [-0.1, -0.05) is 19.1 Å². The van der Waals surface area contributed by atoms with Gasteiger partial charge >= 0.3 is 0 Å². The predicted octanol–water partition coefficient (Wildman–Crippen LogP) is 1.83. The quantitative estimate of drug-likeness (QED) is 0.716. The molecule has 0 spiro atoms. The van der Waals surface area contributed by atoms with E-state index in [2.05, 4.69) is 18.8 Å². The Hall–Kier alpha value is -0.830. The van der Waals surface area contributed by atoms with Gasteiger partial charge in [-0.25, -0.2) is 0 Å². The fourth-order valence-corrected chi connectivity index (χ4v) is 2.26. The Morgan fingerprint density at radius 2 is 2.06 bits per heavy atom. The summed E-state index contributed by atoms with van der Waals surface area (Å²) in [7, 11) is 0. The van der Waals surface area contributed by atoms with Crippen molar-refractivity contribution in [2.24, 2.45) is 17.1 Å². The first-order chi connectivity index (χ1) is 7.50. The standard InChI is InChI=1S/C13H24N2O/c1-10(2)8-15-12(16)13(9-14)6-4-11(3)5-7-13/h11H,1,4-9,14H2,2-3H3,(H,15,16). The van der Waals surface area contributed by atoms with Crippen molar-refractivity contribution >= 4 is 5.91 Å². The summed E-state index contributed by atoms with van der Waals surface area (Å²) >= 11 is 0. The molecule has 0 radical (unpaired) electrons. The number of carbonyl (C=O) groups is 1. The molecular weight excluding hydrogens is 200 g/mol. The fourth-order valence-electron chi connectivity index (χ4n) is 2.26. The van der Waals surface area contributed by atoms with Crippen molar-refractivity contribution in [2.75, 3.05) is 13.1 Å². The Labute approximate surface area is 98.5 Å². The van der Waals surface area contributed by atoms with Crippen LogP contribution in [0.25, 0.3) is 0 Å². The van der Waals surface area contributed by atoms with Crippen LogP contribution in [0.1, 0.15) is 39.5 Å². The van der Waals surface area contributed by atoms with E-state index in [1.807, 2.05) is 6.92 Å². The average molecular weight is 224 g/mol. The lowest BCUT2D eigenvalue weighted by Crippen LogP contribution is -2.48. The molecule has 1 rings (SSSR count). The lowest BCUT2D eigenvalue weighted by molar-refractivity contribution is -0.132. The van der Waals surface area contributed by atoms with Gasteiger partial charge in [0.25, 0.3) is 0 Å². The summed E-state index contributed by atoms with van der Waals surface area (Å²) in [6, 6.07) is 0. The Bertz CT molecular complexity index is 265. The number of hydrogen-bond acceptors (Lipinski definition) is 2. The minimum atomic E-state index is -0.317. The first kappa shape index (κ1) is 13.2. The lowest BCUT2D eigenvalue weighted by Gasteiger charge is -2.37. The van der Waals surface area contributed by atoms with E-state index < -0.39 is 0 Å². The maximum absolute atomic E-state index is 12.1. The van der Waals surface area contributed by atoms with Crippen LogP contribution in [0, 0.1) is 11.3 Å². The van der Waals surface area contributed by atoms with E-state index in [-0.39, 0.29) is 11.3 Å². The monoisotopic (exact) mass is 224 g/mol. The van der Waals surface area contributed by atoms with E-state index in [0.717, 1.165) is 37.2 Å². The highest BCUT2D eigenvalue weighted by Gasteiger charge is 2.39. The van der Waals surface area contributed by atoms with Crippen molar-refractivity contribution in [1.29, 1.82) is 0 Å². The zero-order valence-electron chi connectivity index (χ0n) is 10.5. The van der Waals surface area contributed by atoms with Crippen LogP contribution in [0.15, 0.2) is 12.2 Å². The predicted molar refractivity (Wildman–Crippen MR) is 66.9 cm³/mol. The van der Waals surface area contributed by atoms with Crippen LogP contribution < -0.4 is 11.1 Å². The molecule has 0 unspecified atom stereocenters. The maximum atomic E-state index is 12.1. The van der Waals surface area contributed by atoms with Gasteiger partial charge in [-0.05, 0) is 38.5 Å². The molecular formula is C13H24N2O. The molecule has 1 fully saturated rings. The van der Waals surface area contributed by atoms with Gasteiger partial charge in [-0.15, -0.1) is 0 Å². The molecule has 1 aliphatic carbocycles. The van der Waals surface area contributed by atoms with Crippen LogP contribution in [0.4, 0.5) is 0 Å². The molecule has 1 saturated carbocycles. The van der Waals surface area contributed by atoms with Crippen molar-refractivity contribution in [3.05, 3.63) is 12.2 Å². The number of hydrogen-bond donors (Lipinski definition) is 2. The van der Waals surface area contributed by atoms with Crippen LogP contribution in [0.2, 0.25) is 0 Å². The molecule has 0 bridgehead atoms. The number of nitrogens with two attached hydrogens (primary N) is 1. The van der Waals surface area contributed by atoms with Gasteiger partial charge in [0.05, 0.1) is 5.41 Å². The summed E-state index contributed by atoms with van der Waals surface area (Å²) in [5.41, 5.74) is 6.47. The number of carbonyl (C=O) groups excluding carboxylic acids is 1. The molecule has 0 atom stereocenters. The molecule has 92 valence electrons. The molecule has 1 aliphatic rings. The van der Waals surface area contributed by atoms with Crippen molar-refractivity contribution < 1.29 is 4.79 Å². The van der Waals surface area contributed by atoms with Crippen LogP contribution in [0.5, 0.6) is 0 Å². The molecule has 3 N–H and O–H groups in total. The highest BCUT2D eigenvalue weighted by molar-refractivity contribution is 5.83. The Balaban J connectivity index is 2.58. The van der Waals surface area contributed by atoms with Crippen molar-refractivity contribution in [3.63, 3.8) is 0 Å². The Kier molecular flexibility index (Phi) is 4.54. The smallest absolute Gasteiger partial charge is 0.227 e. The van der Waals surface area contributed by atoms with Crippen molar-refractivity contribution in [1.82, 2.24) is 5.32 Å². The van der Waals surface area contributed by atoms with Gasteiger partial charge in [-0.3, -0.25) is 4.79 Å². The van der Waals surface area contributed by atoms with Gasteiger partial charge in [0.2, 0.25) is 5.91 Å². The first-order valence-corrected chi connectivity index (χ1v) is 6.13. The van der Waals surface area contributed by atoms with Gasteiger partial charge in [0, 0.05) is 13.1 Å². The molecule has 16 heavy (non-hydrogen) atoms. The van der Waals surface area contributed by atoms with Crippen molar-refractivity contribution in [2.45, 2.75) is 39.5 Å². The van der Waals surface area contributed by atoms with Gasteiger partial charge in [0.1, 0.15) is 0 Å². The summed E-state index contributed by atoms with van der Waals surface area (Å²) < 4.78 is 0. The maximum Gasteiger partial charge on any atom is 0.227 e. The topological polar surface area (TPSA) is 55.1 Å². The average Bonchev–Trinajstić information content (AvgIpc) is 2.27. The largest absolute Gasteiger partial charge is 0.352 e. The van der Waals surface area contributed by atoms with Gasteiger partial charge < -0.3 is 11.1 Å². The minimum Gasteiger partial charge on any atom is -0.352 e. The van der Waals surface area contributed by atoms with Crippen LogP contribution in [0.3, 0.4) is 0 Å². The number of rotatable bonds is 4. The summed E-state index contributed by atoms with van der Waals surface area (Å²) in [5, 5.41) is 2.94. The minimum absolute atomic E-state index is 0.116. The summed E-state index contributed by atoms with van der Waals surface area (Å²) in [6.07, 6.45) is 4.06. The van der Waals surface area contributed by atoms with Gasteiger partial charge in [-0.2, -0.15) is 0 Å². The van der Waals surface area contributed by atoms with E-state index in [0.29, 0.717) is 13.1 Å². The zero-order valence-corrected chi connectivity index (χ0v) is 10.5. The zero-order chi connectivity index (χ0) is 12.2. The summed E-state index contributed by atoms with van der Waals surface area (Å²) in [4.78, 5) is 12.1. The van der Waals surface area contributed by atoms with E-state index in [1.54, 1.807) is 0 Å². The molecule has 0 aromatic heterocycles. The fraction of sp³-hybridized carbons (Fsp3) is 0.769. The molecule has 3 heteroatoms. The normalized spacial score (nSPS) is 29.8. The SMILES string of the molecule is C=C(C)CNC(=O)C1(CN)CCC(C)CC1. The van der Waals surface area contributed by atoms with Crippen LogP contribution >= 0.6 is 0 Å². The lowest BCUT2D eigenvalue weighted by atomic mass is 9.70. The summed E-state index contributed by atoms with van der Waals surface area (Å²) in [6.45, 7) is 8.97. The third-order valence-corrected chi connectivity index (χ3v) is 3.65. The molecule has 1 amide bonds. The molecule has 0 aromatic carbocycles. The Morgan fingerprint density at radius 1 is 1.50 bits per heavy atom. The van der Waals surface area contributed by atoms with E-state index in [4.69, 9.17) is 5.73 Å². The molecule has 0 aromatic rings. The summed E-state index contributed by atoms with van der Waals surface area (Å²) in [5.74, 6) is 0.846. The van der Waals surface area contributed by atoms with Gasteiger partial charge in [0.15, 0.2) is 0 Å². The number of nitrogens with one attached hydrogen (secondary N) is 1. The second kappa shape index (κ2) is 5.48. The number of amides is 1. The van der Waals surface area contributed by atoms with E-state index >= 15 is 0 Å². The van der Waals surface area contributed by atoms with Crippen LogP contribution in [-0.4, -0.2) is 19.0 Å². The molecule has 3 nitrogen and oxygen atoms in total. The highest BCUT2D eigenvalue weighted by Crippen LogP contribution is 2.38. The molecule has 0 saturated heterocycles. The second-order valence-electron chi connectivity index (χ2n) is 5.31. The van der Waals surface area contributed by atoms with Crippen molar-refractivity contribution in [3.8, 4) is 0 Å². The third kappa shape index (κ3) is 3.08. The van der Waals surface area contributed by atoms with E-state index in [9.17, 15) is 4.79 Å². The highest BCUT2D eigenvalue weighted by atomic mass is 16.2. The molecule has 0 heterocycles. The first-order valence-electron chi connectivity index (χ1n) is 6.13. The van der Waals surface area contributed by atoms with E-state index in [1.165, 1.54) is 0 Å². The second-order valence-corrected chi connectivity index (χ2v) is 5.31. The molecule has 0 aliphatic heterocycles.